The van der Waals surface area contributed by atoms with Crippen molar-refractivity contribution in [2.24, 2.45) is 11.3 Å². The molecule has 1 aliphatic heterocycles. The number of Topliss-reactive ketones (excluding diaryl/α,β-unsaturated/α-hetero) is 1. The quantitative estimate of drug-likeness (QED) is 0.370. The molecular formula is C25H36F5NO. The molecule has 0 aliphatic carbocycles. The zero-order chi connectivity index (χ0) is 24.3. The maximum Gasteiger partial charge on any atom is 0.416 e. The van der Waals surface area contributed by atoms with Gasteiger partial charge in [-0.05, 0) is 62.3 Å². The molecule has 0 unspecified atom stereocenters. The number of rotatable bonds is 8. The van der Waals surface area contributed by atoms with Gasteiger partial charge in [-0.2, -0.15) is 13.2 Å². The van der Waals surface area contributed by atoms with Crippen molar-refractivity contribution in [1.29, 1.82) is 0 Å². The van der Waals surface area contributed by atoms with Gasteiger partial charge in [0.1, 0.15) is 5.78 Å². The van der Waals surface area contributed by atoms with Crippen LogP contribution in [0.5, 0.6) is 0 Å². The molecule has 0 bridgehead atoms. The normalized spacial score (nSPS) is 23.2. The summed E-state index contributed by atoms with van der Waals surface area (Å²) in [6.07, 6.45) is -1.40. The van der Waals surface area contributed by atoms with E-state index in [4.69, 9.17) is 0 Å². The van der Waals surface area contributed by atoms with Crippen LogP contribution >= 0.6 is 0 Å². The van der Waals surface area contributed by atoms with Crippen LogP contribution in [0.3, 0.4) is 0 Å². The Bertz CT molecular complexity index is 751. The number of nitrogens with zero attached hydrogens (tertiary/aromatic N) is 1. The van der Waals surface area contributed by atoms with E-state index in [9.17, 15) is 18.0 Å². The third-order valence-electron chi connectivity index (χ3n) is 6.38. The van der Waals surface area contributed by atoms with Crippen LogP contribution in [0.15, 0.2) is 24.3 Å². The number of benzene rings is 1. The summed E-state index contributed by atoms with van der Waals surface area (Å²) >= 11 is 0. The Morgan fingerprint density at radius 2 is 1.72 bits per heavy atom. The Kier molecular flexibility index (Phi) is 8.52. The van der Waals surface area contributed by atoms with Crippen molar-refractivity contribution >= 4 is 5.78 Å². The van der Waals surface area contributed by atoms with Gasteiger partial charge in [0.2, 0.25) is 0 Å². The van der Waals surface area contributed by atoms with Crippen molar-refractivity contribution in [2.45, 2.75) is 97.3 Å². The van der Waals surface area contributed by atoms with Crippen molar-refractivity contribution in [1.82, 2.24) is 4.90 Å². The smallest absolute Gasteiger partial charge is 0.300 e. The van der Waals surface area contributed by atoms with Crippen LogP contribution in [0.25, 0.3) is 0 Å². The lowest BCUT2D eigenvalue weighted by Crippen LogP contribution is -2.54. The third-order valence-corrected chi connectivity index (χ3v) is 6.38. The lowest BCUT2D eigenvalue weighted by atomic mass is 9.78. The van der Waals surface area contributed by atoms with Crippen LogP contribution in [0.2, 0.25) is 0 Å². The van der Waals surface area contributed by atoms with Gasteiger partial charge >= 0.3 is 6.18 Å². The maximum atomic E-state index is 15.8. The highest BCUT2D eigenvalue weighted by atomic mass is 19.4. The van der Waals surface area contributed by atoms with Crippen molar-refractivity contribution < 1.29 is 26.7 Å². The van der Waals surface area contributed by atoms with Crippen molar-refractivity contribution in [3.05, 3.63) is 35.4 Å². The summed E-state index contributed by atoms with van der Waals surface area (Å²) < 4.78 is 70.8. The van der Waals surface area contributed by atoms with Gasteiger partial charge in [-0.15, -0.1) is 0 Å². The van der Waals surface area contributed by atoms with Gasteiger partial charge in [0.15, 0.2) is 0 Å². The van der Waals surface area contributed by atoms with Gasteiger partial charge in [-0.3, -0.25) is 4.90 Å². The van der Waals surface area contributed by atoms with Crippen molar-refractivity contribution in [2.75, 3.05) is 6.54 Å². The SMILES string of the molecule is CCC[C@@H](CCC(C)(C)C)N1CC[C@@H](CC(C)=O)C(F)(F)[C@H]1c1ccc(C(F)(F)F)cc1. The molecular weight excluding hydrogens is 425 g/mol. The molecule has 1 heterocycles. The van der Waals surface area contributed by atoms with E-state index in [0.29, 0.717) is 6.54 Å². The summed E-state index contributed by atoms with van der Waals surface area (Å²) in [6, 6.07) is 2.66. The van der Waals surface area contributed by atoms with Crippen LogP contribution in [0, 0.1) is 11.3 Å². The fraction of sp³-hybridized carbons (Fsp3) is 0.720. The Hall–Kier alpha value is -1.50. The molecule has 0 radical (unpaired) electrons. The molecule has 7 heteroatoms. The molecule has 1 fully saturated rings. The average Bonchev–Trinajstić information content (AvgIpc) is 2.65. The van der Waals surface area contributed by atoms with Gasteiger partial charge in [0, 0.05) is 18.4 Å². The third kappa shape index (κ3) is 6.75. The minimum atomic E-state index is -4.53. The molecule has 1 aromatic carbocycles. The first-order chi connectivity index (χ1) is 14.7. The van der Waals surface area contributed by atoms with Gasteiger partial charge in [0.05, 0.1) is 11.6 Å². The molecule has 32 heavy (non-hydrogen) atoms. The highest BCUT2D eigenvalue weighted by molar-refractivity contribution is 5.75. The Labute approximate surface area is 188 Å². The minimum Gasteiger partial charge on any atom is -0.300 e. The lowest BCUT2D eigenvalue weighted by Gasteiger charge is -2.49. The Morgan fingerprint density at radius 1 is 1.12 bits per heavy atom. The number of carbonyl (C=O) groups is 1. The van der Waals surface area contributed by atoms with E-state index in [0.717, 1.165) is 37.8 Å². The van der Waals surface area contributed by atoms with E-state index in [1.165, 1.54) is 19.1 Å². The number of halogens is 5. The second-order valence-corrected chi connectivity index (χ2v) is 10.4. The molecule has 2 nitrogen and oxygen atoms in total. The molecule has 1 saturated heterocycles. The standard InChI is InChI=1S/C25H36F5NO/c1-6-7-21(12-14-23(3,4)5)31-15-13-20(16-17(2)32)24(26,27)22(31)18-8-10-19(11-9-18)25(28,29)30/h8-11,20-22H,6-7,12-16H2,1-5H3/t20-,21-,22+/m0/s1. The number of hydrogen-bond donors (Lipinski definition) is 0. The second-order valence-electron chi connectivity index (χ2n) is 10.4. The average molecular weight is 462 g/mol. The van der Waals surface area contributed by atoms with Crippen molar-refractivity contribution in [3.63, 3.8) is 0 Å². The monoisotopic (exact) mass is 461 g/mol. The van der Waals surface area contributed by atoms with E-state index >= 15 is 8.78 Å². The number of carbonyl (C=O) groups excluding carboxylic acids is 1. The summed E-state index contributed by atoms with van der Waals surface area (Å²) in [5, 5.41) is 0. The molecule has 2 rings (SSSR count). The van der Waals surface area contributed by atoms with E-state index in [-0.39, 0.29) is 35.6 Å². The number of alkyl halides is 5. The number of likely N-dealkylation sites (tertiary alicyclic amines) is 1. The molecule has 3 atom stereocenters. The minimum absolute atomic E-state index is 0.0469. The predicted octanol–water partition coefficient (Wildman–Crippen LogP) is 7.68. The van der Waals surface area contributed by atoms with Gasteiger partial charge in [-0.1, -0.05) is 46.2 Å². The zero-order valence-electron chi connectivity index (χ0n) is 19.7. The highest BCUT2D eigenvalue weighted by Crippen LogP contribution is 2.50. The molecule has 0 aromatic heterocycles. The van der Waals surface area contributed by atoms with E-state index in [1.54, 1.807) is 4.90 Å². The van der Waals surface area contributed by atoms with Gasteiger partial charge in [0.25, 0.3) is 5.92 Å². The summed E-state index contributed by atoms with van der Waals surface area (Å²) in [4.78, 5) is 13.5. The van der Waals surface area contributed by atoms with Gasteiger partial charge in [-0.25, -0.2) is 8.78 Å². The molecule has 0 amide bonds. The molecule has 1 aromatic rings. The van der Waals surface area contributed by atoms with Gasteiger partial charge < -0.3 is 4.79 Å². The maximum absolute atomic E-state index is 15.8. The number of hydrogen-bond acceptors (Lipinski definition) is 2. The predicted molar refractivity (Wildman–Crippen MR) is 117 cm³/mol. The first kappa shape index (κ1) is 26.7. The molecule has 1 aliphatic rings. The highest BCUT2D eigenvalue weighted by Gasteiger charge is 2.54. The zero-order valence-corrected chi connectivity index (χ0v) is 19.7. The Morgan fingerprint density at radius 3 is 2.19 bits per heavy atom. The summed E-state index contributed by atoms with van der Waals surface area (Å²) in [5.74, 6) is -4.64. The fourth-order valence-electron chi connectivity index (χ4n) is 4.73. The number of piperidine rings is 1. The summed E-state index contributed by atoms with van der Waals surface area (Å²) in [6.45, 7) is 10.0. The van der Waals surface area contributed by atoms with Crippen LogP contribution in [-0.4, -0.2) is 29.2 Å². The number of ketones is 1. The molecule has 0 spiro atoms. The Balaban J connectivity index is 2.47. The van der Waals surface area contributed by atoms with Crippen LogP contribution in [0.1, 0.15) is 90.3 Å². The first-order valence-corrected chi connectivity index (χ1v) is 11.5. The second kappa shape index (κ2) is 10.2. The van der Waals surface area contributed by atoms with Crippen molar-refractivity contribution in [3.8, 4) is 0 Å². The fourth-order valence-corrected chi connectivity index (χ4v) is 4.73. The van der Waals surface area contributed by atoms with E-state index in [2.05, 4.69) is 20.8 Å². The molecule has 182 valence electrons. The van der Waals surface area contributed by atoms with Crippen LogP contribution < -0.4 is 0 Å². The van der Waals surface area contributed by atoms with Crippen LogP contribution in [-0.2, 0) is 11.0 Å². The van der Waals surface area contributed by atoms with E-state index in [1.807, 2.05) is 6.92 Å². The molecule has 0 N–H and O–H groups in total. The largest absolute Gasteiger partial charge is 0.416 e. The van der Waals surface area contributed by atoms with Crippen LogP contribution in [0.4, 0.5) is 22.0 Å². The summed E-state index contributed by atoms with van der Waals surface area (Å²) in [7, 11) is 0. The topological polar surface area (TPSA) is 20.3 Å². The van der Waals surface area contributed by atoms with E-state index < -0.39 is 29.6 Å². The first-order valence-electron chi connectivity index (χ1n) is 11.5. The lowest BCUT2D eigenvalue weighted by molar-refractivity contribution is -0.171. The summed E-state index contributed by atoms with van der Waals surface area (Å²) in [5.41, 5.74) is -0.635. The molecule has 0 saturated carbocycles.